The van der Waals surface area contributed by atoms with E-state index in [-0.39, 0.29) is 23.8 Å². The van der Waals surface area contributed by atoms with Crippen molar-refractivity contribution in [3.63, 3.8) is 0 Å². The first-order valence-corrected chi connectivity index (χ1v) is 9.09. The van der Waals surface area contributed by atoms with Crippen LogP contribution >= 0.6 is 0 Å². The van der Waals surface area contributed by atoms with E-state index in [0.29, 0.717) is 17.9 Å². The highest BCUT2D eigenvalue weighted by Crippen LogP contribution is 2.31. The van der Waals surface area contributed by atoms with Crippen LogP contribution in [0.1, 0.15) is 27.3 Å². The van der Waals surface area contributed by atoms with E-state index in [1.165, 1.54) is 19.2 Å². The van der Waals surface area contributed by atoms with Crippen molar-refractivity contribution in [2.24, 2.45) is 0 Å². The molecule has 0 spiro atoms. The van der Waals surface area contributed by atoms with Crippen molar-refractivity contribution in [1.82, 2.24) is 4.57 Å². The molecule has 3 rings (SSSR count). The van der Waals surface area contributed by atoms with Gasteiger partial charge in [0.1, 0.15) is 5.75 Å². The largest absolute Gasteiger partial charge is 0.496 e. The van der Waals surface area contributed by atoms with Crippen molar-refractivity contribution in [2.75, 3.05) is 13.7 Å². The number of hydrogen-bond acceptors (Lipinski definition) is 5. The number of ketones is 1. The zero-order valence-electron chi connectivity index (χ0n) is 16.5. The van der Waals surface area contributed by atoms with Crippen LogP contribution in [0.15, 0.2) is 54.6 Å². The van der Waals surface area contributed by atoms with Crippen LogP contribution in [0.4, 0.5) is 5.69 Å². The molecule has 150 valence electrons. The minimum atomic E-state index is -0.561. The summed E-state index contributed by atoms with van der Waals surface area (Å²) in [6.45, 7) is 4.21. The third-order valence-corrected chi connectivity index (χ3v) is 4.78. The highest BCUT2D eigenvalue weighted by atomic mass is 16.6. The number of methoxy groups -OCH3 is 1. The van der Waals surface area contributed by atoms with E-state index in [1.807, 2.05) is 50.2 Å². The number of nitro benzene ring substituents is 1. The van der Waals surface area contributed by atoms with Crippen molar-refractivity contribution in [3.05, 3.63) is 87.2 Å². The number of carbonyl (C=O) groups excluding carboxylic acids is 1. The molecule has 3 aromatic rings. The van der Waals surface area contributed by atoms with Gasteiger partial charge in [-0.05, 0) is 37.6 Å². The molecule has 0 N–H and O–H groups in total. The van der Waals surface area contributed by atoms with Crippen LogP contribution in [0.25, 0.3) is 0 Å². The Balaban J connectivity index is 1.77. The second-order valence-electron chi connectivity index (χ2n) is 6.66. The lowest BCUT2D eigenvalue weighted by molar-refractivity contribution is -0.385. The molecule has 0 saturated heterocycles. The third kappa shape index (κ3) is 4.45. The molecule has 29 heavy (non-hydrogen) atoms. The summed E-state index contributed by atoms with van der Waals surface area (Å²) in [5.74, 6) is 0.143. The lowest BCUT2D eigenvalue weighted by Gasteiger charge is -2.10. The van der Waals surface area contributed by atoms with Gasteiger partial charge in [-0.3, -0.25) is 14.9 Å². The monoisotopic (exact) mass is 394 g/mol. The van der Waals surface area contributed by atoms with Crippen molar-refractivity contribution < 1.29 is 19.2 Å². The maximum atomic E-state index is 12.7. The second kappa shape index (κ2) is 8.60. The Morgan fingerprint density at radius 2 is 1.83 bits per heavy atom. The molecule has 0 bridgehead atoms. The van der Waals surface area contributed by atoms with Gasteiger partial charge in [0, 0.05) is 23.5 Å². The van der Waals surface area contributed by atoms with Crippen LogP contribution < -0.4 is 9.47 Å². The summed E-state index contributed by atoms with van der Waals surface area (Å²) in [7, 11) is 1.42. The number of rotatable bonds is 8. The number of carbonyl (C=O) groups is 1. The fourth-order valence-corrected chi connectivity index (χ4v) is 3.20. The molecule has 1 heterocycles. The molecule has 0 amide bonds. The van der Waals surface area contributed by atoms with Crippen molar-refractivity contribution >= 4 is 11.5 Å². The first kappa shape index (κ1) is 20.1. The van der Waals surface area contributed by atoms with Gasteiger partial charge in [-0.25, -0.2) is 0 Å². The predicted octanol–water partition coefficient (Wildman–Crippen LogP) is 4.33. The first-order chi connectivity index (χ1) is 13.9. The highest BCUT2D eigenvalue weighted by Gasteiger charge is 2.20. The Labute approximate surface area is 168 Å². The van der Waals surface area contributed by atoms with Crippen LogP contribution in [0.2, 0.25) is 0 Å². The Morgan fingerprint density at radius 3 is 2.48 bits per heavy atom. The molecule has 0 unspecified atom stereocenters. The maximum Gasteiger partial charge on any atom is 0.314 e. The number of nitro groups is 1. The summed E-state index contributed by atoms with van der Waals surface area (Å²) in [6, 6.07) is 16.1. The van der Waals surface area contributed by atoms with E-state index >= 15 is 0 Å². The number of benzene rings is 2. The number of Topliss-reactive ketones (excluding diaryl/α,β-unsaturated/α-hetero) is 1. The van der Waals surface area contributed by atoms with E-state index in [9.17, 15) is 14.9 Å². The summed E-state index contributed by atoms with van der Waals surface area (Å²) in [6.07, 6.45) is 0. The Morgan fingerprint density at radius 1 is 1.10 bits per heavy atom. The summed E-state index contributed by atoms with van der Waals surface area (Å²) in [4.78, 5) is 23.4. The molecular weight excluding hydrogens is 372 g/mol. The standard InChI is InChI=1S/C22H22N2O5/c1-15-11-19(16(2)23(15)13-17-7-5-4-6-8-17)21(25)14-29-22-10-9-18(28-3)12-20(22)24(26)27/h4-12H,13-14H2,1-3H3. The fraction of sp³-hybridized carbons (Fsp3) is 0.227. The van der Waals surface area contributed by atoms with Gasteiger partial charge in [0.2, 0.25) is 5.78 Å². The van der Waals surface area contributed by atoms with Crippen molar-refractivity contribution in [1.29, 1.82) is 0 Å². The summed E-state index contributed by atoms with van der Waals surface area (Å²) < 4.78 is 12.6. The lowest BCUT2D eigenvalue weighted by Crippen LogP contribution is -2.14. The van der Waals surface area contributed by atoms with Gasteiger partial charge in [-0.15, -0.1) is 0 Å². The maximum absolute atomic E-state index is 12.7. The van der Waals surface area contributed by atoms with Gasteiger partial charge in [-0.1, -0.05) is 30.3 Å². The third-order valence-electron chi connectivity index (χ3n) is 4.78. The summed E-state index contributed by atoms with van der Waals surface area (Å²) >= 11 is 0. The zero-order valence-corrected chi connectivity index (χ0v) is 16.5. The van der Waals surface area contributed by atoms with Gasteiger partial charge in [0.25, 0.3) is 0 Å². The first-order valence-electron chi connectivity index (χ1n) is 9.09. The smallest absolute Gasteiger partial charge is 0.314 e. The fourth-order valence-electron chi connectivity index (χ4n) is 3.20. The van der Waals surface area contributed by atoms with Gasteiger partial charge < -0.3 is 14.0 Å². The zero-order chi connectivity index (χ0) is 21.0. The van der Waals surface area contributed by atoms with Crippen LogP contribution in [-0.2, 0) is 6.54 Å². The summed E-state index contributed by atoms with van der Waals surface area (Å²) in [5, 5.41) is 11.3. The quantitative estimate of drug-likeness (QED) is 0.323. The highest BCUT2D eigenvalue weighted by molar-refractivity contribution is 5.98. The number of nitrogens with zero attached hydrogens (tertiary/aromatic N) is 2. The minimum Gasteiger partial charge on any atom is -0.496 e. The molecular formula is C22H22N2O5. The van der Waals surface area contributed by atoms with Gasteiger partial charge in [0.05, 0.1) is 18.1 Å². The molecule has 0 aliphatic heterocycles. The molecule has 0 atom stereocenters. The molecule has 0 fully saturated rings. The molecule has 7 nitrogen and oxygen atoms in total. The van der Waals surface area contributed by atoms with Crippen LogP contribution in [-0.4, -0.2) is 29.0 Å². The van der Waals surface area contributed by atoms with E-state index in [0.717, 1.165) is 17.0 Å². The van der Waals surface area contributed by atoms with Crippen LogP contribution in [0.5, 0.6) is 11.5 Å². The van der Waals surface area contributed by atoms with Gasteiger partial charge in [-0.2, -0.15) is 0 Å². The molecule has 0 aliphatic rings. The van der Waals surface area contributed by atoms with Crippen molar-refractivity contribution in [2.45, 2.75) is 20.4 Å². The molecule has 2 aromatic carbocycles. The Bertz CT molecular complexity index is 1040. The number of hydrogen-bond donors (Lipinski definition) is 0. The van der Waals surface area contributed by atoms with Crippen LogP contribution in [0.3, 0.4) is 0 Å². The molecule has 0 radical (unpaired) electrons. The Hall–Kier alpha value is -3.61. The second-order valence-corrected chi connectivity index (χ2v) is 6.66. The van der Waals surface area contributed by atoms with E-state index in [2.05, 4.69) is 4.57 Å². The van der Waals surface area contributed by atoms with E-state index in [1.54, 1.807) is 6.07 Å². The Kier molecular flexibility index (Phi) is 5.97. The molecule has 1 aromatic heterocycles. The topological polar surface area (TPSA) is 83.6 Å². The number of aryl methyl sites for hydroxylation is 1. The SMILES string of the molecule is COc1ccc(OCC(=O)c2cc(C)n(Cc3ccccc3)c2C)c([N+](=O)[O-])c1. The van der Waals surface area contributed by atoms with Gasteiger partial charge in [0.15, 0.2) is 12.4 Å². The lowest BCUT2D eigenvalue weighted by atomic mass is 10.1. The minimum absolute atomic E-state index is 0.0299. The average Bonchev–Trinajstić information content (AvgIpc) is 3.01. The number of aromatic nitrogens is 1. The summed E-state index contributed by atoms with van der Waals surface area (Å²) in [5.41, 5.74) is 3.24. The van der Waals surface area contributed by atoms with E-state index < -0.39 is 4.92 Å². The predicted molar refractivity (Wildman–Crippen MR) is 109 cm³/mol. The van der Waals surface area contributed by atoms with Gasteiger partial charge >= 0.3 is 5.69 Å². The molecule has 7 heteroatoms. The van der Waals surface area contributed by atoms with Crippen molar-refractivity contribution in [3.8, 4) is 11.5 Å². The van der Waals surface area contributed by atoms with E-state index in [4.69, 9.17) is 9.47 Å². The normalized spacial score (nSPS) is 10.6. The van der Waals surface area contributed by atoms with Crippen LogP contribution in [0, 0.1) is 24.0 Å². The number of ether oxygens (including phenoxy) is 2. The molecule has 0 aliphatic carbocycles. The average molecular weight is 394 g/mol. The molecule has 0 saturated carbocycles.